The normalized spacial score (nSPS) is 27.4. The molecule has 2 aliphatic heterocycles. The number of amides is 1. The quantitative estimate of drug-likeness (QED) is 0.556. The van der Waals surface area contributed by atoms with Crippen molar-refractivity contribution in [2.24, 2.45) is 0 Å². The monoisotopic (exact) mass is 257 g/mol. The van der Waals surface area contributed by atoms with Crippen LogP contribution in [0.15, 0.2) is 0 Å². The molecule has 0 saturated carbocycles. The number of hydrogen-bond donors (Lipinski definition) is 3. The van der Waals surface area contributed by atoms with Crippen molar-refractivity contribution in [2.75, 3.05) is 45.9 Å². The van der Waals surface area contributed by atoms with Gasteiger partial charge in [-0.3, -0.25) is 9.69 Å². The number of aliphatic hydroxyl groups excluding tert-OH is 2. The second-order valence-electron chi connectivity index (χ2n) is 5.06. The molecule has 2 unspecified atom stereocenters. The maximum absolute atomic E-state index is 12.4. The third-order valence-corrected chi connectivity index (χ3v) is 3.73. The molecule has 3 N–H and O–H groups in total. The largest absolute Gasteiger partial charge is 0.394 e. The van der Waals surface area contributed by atoms with E-state index in [0.717, 1.165) is 45.6 Å². The van der Waals surface area contributed by atoms with Crippen LogP contribution in [0.5, 0.6) is 0 Å². The van der Waals surface area contributed by atoms with Gasteiger partial charge < -0.3 is 20.4 Å². The van der Waals surface area contributed by atoms with Gasteiger partial charge in [0.2, 0.25) is 5.91 Å². The number of rotatable bonds is 4. The summed E-state index contributed by atoms with van der Waals surface area (Å²) in [5.74, 6) is 0.180. The third kappa shape index (κ3) is 3.20. The van der Waals surface area contributed by atoms with E-state index >= 15 is 0 Å². The molecule has 2 aliphatic rings. The van der Waals surface area contributed by atoms with Gasteiger partial charge in [-0.25, -0.2) is 0 Å². The van der Waals surface area contributed by atoms with Crippen LogP contribution in [-0.4, -0.2) is 83.9 Å². The molecule has 0 aromatic heterocycles. The van der Waals surface area contributed by atoms with E-state index in [-0.39, 0.29) is 18.6 Å². The summed E-state index contributed by atoms with van der Waals surface area (Å²) in [4.78, 5) is 16.3. The van der Waals surface area contributed by atoms with Gasteiger partial charge in [-0.05, 0) is 19.4 Å². The number of nitrogens with zero attached hydrogens (tertiary/aromatic N) is 2. The van der Waals surface area contributed by atoms with Gasteiger partial charge in [-0.15, -0.1) is 0 Å². The number of piperazine rings is 1. The van der Waals surface area contributed by atoms with Crippen molar-refractivity contribution in [3.8, 4) is 0 Å². The summed E-state index contributed by atoms with van der Waals surface area (Å²) >= 11 is 0. The van der Waals surface area contributed by atoms with Gasteiger partial charge in [-0.1, -0.05) is 0 Å². The molecule has 0 bridgehead atoms. The van der Waals surface area contributed by atoms with Crippen LogP contribution in [-0.2, 0) is 4.79 Å². The highest BCUT2D eigenvalue weighted by atomic mass is 16.3. The van der Waals surface area contributed by atoms with Crippen molar-refractivity contribution >= 4 is 5.91 Å². The van der Waals surface area contributed by atoms with Gasteiger partial charge in [-0.2, -0.15) is 0 Å². The Morgan fingerprint density at radius 3 is 2.72 bits per heavy atom. The number of hydrogen-bond acceptors (Lipinski definition) is 5. The van der Waals surface area contributed by atoms with Crippen molar-refractivity contribution in [1.29, 1.82) is 0 Å². The molecule has 0 spiro atoms. The molecular formula is C12H23N3O3. The van der Waals surface area contributed by atoms with E-state index in [0.29, 0.717) is 6.54 Å². The van der Waals surface area contributed by atoms with Gasteiger partial charge in [0, 0.05) is 32.7 Å². The molecule has 2 saturated heterocycles. The standard InChI is InChI=1S/C12H23N3O3/c16-9-10(17)8-15-5-1-2-11(15)12(18)14-6-3-13-4-7-14/h10-11,13,16-17H,1-9H2. The smallest absolute Gasteiger partial charge is 0.240 e. The molecule has 0 aliphatic carbocycles. The Hall–Kier alpha value is -0.690. The number of carbonyl (C=O) groups excluding carboxylic acids is 1. The minimum atomic E-state index is -0.749. The zero-order valence-electron chi connectivity index (χ0n) is 10.7. The van der Waals surface area contributed by atoms with E-state index in [1.165, 1.54) is 0 Å². The predicted molar refractivity (Wildman–Crippen MR) is 67.1 cm³/mol. The minimum Gasteiger partial charge on any atom is -0.394 e. The Morgan fingerprint density at radius 1 is 1.33 bits per heavy atom. The molecule has 2 fully saturated rings. The van der Waals surface area contributed by atoms with Crippen molar-refractivity contribution < 1.29 is 15.0 Å². The Morgan fingerprint density at radius 2 is 2.06 bits per heavy atom. The molecule has 2 heterocycles. The first-order valence-electron chi connectivity index (χ1n) is 6.75. The molecular weight excluding hydrogens is 234 g/mol. The van der Waals surface area contributed by atoms with E-state index in [1.807, 2.05) is 9.80 Å². The van der Waals surface area contributed by atoms with Crippen LogP contribution in [0, 0.1) is 0 Å². The van der Waals surface area contributed by atoms with E-state index in [1.54, 1.807) is 0 Å². The van der Waals surface area contributed by atoms with Gasteiger partial charge in [0.05, 0.1) is 18.8 Å². The molecule has 6 heteroatoms. The molecule has 18 heavy (non-hydrogen) atoms. The fourth-order valence-corrected chi connectivity index (χ4v) is 2.75. The summed E-state index contributed by atoms with van der Waals surface area (Å²) in [5, 5.41) is 21.6. The highest BCUT2D eigenvalue weighted by Crippen LogP contribution is 2.19. The van der Waals surface area contributed by atoms with Crippen LogP contribution in [0.1, 0.15) is 12.8 Å². The van der Waals surface area contributed by atoms with Gasteiger partial charge in [0.25, 0.3) is 0 Å². The lowest BCUT2D eigenvalue weighted by atomic mass is 10.1. The highest BCUT2D eigenvalue weighted by Gasteiger charge is 2.34. The highest BCUT2D eigenvalue weighted by molar-refractivity contribution is 5.82. The first-order valence-corrected chi connectivity index (χ1v) is 6.75. The lowest BCUT2D eigenvalue weighted by Crippen LogP contribution is -2.53. The Labute approximate surface area is 108 Å². The number of β-amino-alcohol motifs (C(OH)–C–C–N with tert-alkyl or cyclic N) is 1. The third-order valence-electron chi connectivity index (χ3n) is 3.73. The Balaban J connectivity index is 1.91. The van der Waals surface area contributed by atoms with Crippen LogP contribution in [0.25, 0.3) is 0 Å². The number of aliphatic hydroxyl groups is 2. The lowest BCUT2D eigenvalue weighted by molar-refractivity contribution is -0.137. The first-order chi connectivity index (χ1) is 8.72. The van der Waals surface area contributed by atoms with Crippen LogP contribution < -0.4 is 5.32 Å². The minimum absolute atomic E-state index is 0.107. The van der Waals surface area contributed by atoms with Crippen molar-refractivity contribution in [1.82, 2.24) is 15.1 Å². The summed E-state index contributed by atoms with van der Waals surface area (Å²) in [6, 6.07) is -0.107. The summed E-state index contributed by atoms with van der Waals surface area (Å²) in [7, 11) is 0. The summed E-state index contributed by atoms with van der Waals surface area (Å²) in [6.07, 6.45) is 1.10. The molecule has 2 atom stereocenters. The van der Waals surface area contributed by atoms with E-state index < -0.39 is 6.10 Å². The second kappa shape index (κ2) is 6.47. The fraction of sp³-hybridized carbons (Fsp3) is 0.917. The average Bonchev–Trinajstić information content (AvgIpc) is 2.86. The Bertz CT molecular complexity index is 282. The van der Waals surface area contributed by atoms with Crippen LogP contribution in [0.4, 0.5) is 0 Å². The fourth-order valence-electron chi connectivity index (χ4n) is 2.75. The summed E-state index contributed by atoms with van der Waals surface area (Å²) < 4.78 is 0. The lowest BCUT2D eigenvalue weighted by Gasteiger charge is -2.33. The SMILES string of the molecule is O=C(C1CCCN1CC(O)CO)N1CCNCC1. The maximum atomic E-state index is 12.4. The van der Waals surface area contributed by atoms with Crippen molar-refractivity contribution in [3.63, 3.8) is 0 Å². The topological polar surface area (TPSA) is 76.0 Å². The number of carbonyl (C=O) groups is 1. The van der Waals surface area contributed by atoms with Crippen LogP contribution in [0.3, 0.4) is 0 Å². The van der Waals surface area contributed by atoms with Crippen LogP contribution >= 0.6 is 0 Å². The Kier molecular flexibility index (Phi) is 4.94. The van der Waals surface area contributed by atoms with Crippen LogP contribution in [0.2, 0.25) is 0 Å². The second-order valence-corrected chi connectivity index (χ2v) is 5.06. The van der Waals surface area contributed by atoms with E-state index in [4.69, 9.17) is 5.11 Å². The summed E-state index contributed by atoms with van der Waals surface area (Å²) in [5.41, 5.74) is 0. The first kappa shape index (κ1) is 13.7. The zero-order valence-corrected chi connectivity index (χ0v) is 10.7. The molecule has 1 amide bonds. The predicted octanol–water partition coefficient (Wildman–Crippen LogP) is -1.76. The molecule has 6 nitrogen and oxygen atoms in total. The average molecular weight is 257 g/mol. The maximum Gasteiger partial charge on any atom is 0.240 e. The molecule has 0 aromatic carbocycles. The van der Waals surface area contributed by atoms with E-state index in [9.17, 15) is 9.90 Å². The van der Waals surface area contributed by atoms with Crippen molar-refractivity contribution in [3.05, 3.63) is 0 Å². The van der Waals surface area contributed by atoms with Gasteiger partial charge >= 0.3 is 0 Å². The number of nitrogens with one attached hydrogen (secondary N) is 1. The molecule has 2 rings (SSSR count). The zero-order chi connectivity index (χ0) is 13.0. The molecule has 0 radical (unpaired) electrons. The van der Waals surface area contributed by atoms with Gasteiger partial charge in [0.1, 0.15) is 0 Å². The summed E-state index contributed by atoms with van der Waals surface area (Å²) in [6.45, 7) is 4.23. The molecule has 0 aromatic rings. The van der Waals surface area contributed by atoms with Crippen molar-refractivity contribution in [2.45, 2.75) is 25.0 Å². The number of likely N-dealkylation sites (tertiary alicyclic amines) is 1. The molecule has 104 valence electrons. The van der Waals surface area contributed by atoms with E-state index in [2.05, 4.69) is 5.32 Å². The van der Waals surface area contributed by atoms with Gasteiger partial charge in [0.15, 0.2) is 0 Å².